The largest absolute Gasteiger partial charge is 0.383 e. The Kier molecular flexibility index (Phi) is 5.75. The number of carbonyl (C=O) groups excluding carboxylic acids is 1. The van der Waals surface area contributed by atoms with Crippen LogP contribution in [0.4, 0.5) is 0 Å². The number of hydrogen-bond donors (Lipinski definition) is 1. The number of benzene rings is 1. The fourth-order valence-corrected chi connectivity index (χ4v) is 1.95. The van der Waals surface area contributed by atoms with Gasteiger partial charge < -0.3 is 14.6 Å². The smallest absolute Gasteiger partial charge is 0.217 e. The van der Waals surface area contributed by atoms with Crippen LogP contribution >= 0.6 is 11.6 Å². The Hall–Kier alpha value is -0.940. The normalized spacial score (nSPS) is 14.5. The predicted octanol–water partition coefficient (Wildman–Crippen LogP) is 1.69. The summed E-state index contributed by atoms with van der Waals surface area (Å²) >= 11 is 5.79. The molecule has 0 amide bonds. The zero-order valence-corrected chi connectivity index (χ0v) is 11.2. The van der Waals surface area contributed by atoms with Gasteiger partial charge in [0.05, 0.1) is 5.88 Å². The summed E-state index contributed by atoms with van der Waals surface area (Å²) in [4.78, 5) is 11.9. The third kappa shape index (κ3) is 3.53. The first-order valence-electron chi connectivity index (χ1n) is 5.49. The minimum absolute atomic E-state index is 0.0805. The van der Waals surface area contributed by atoms with Crippen molar-refractivity contribution in [2.45, 2.75) is 18.3 Å². The second-order valence-electron chi connectivity index (χ2n) is 3.98. The molecule has 1 aromatic rings. The molecule has 0 fully saturated rings. The van der Waals surface area contributed by atoms with Gasteiger partial charge in [0, 0.05) is 20.6 Å². The van der Waals surface area contributed by atoms with Crippen LogP contribution in [0.3, 0.4) is 0 Å². The van der Waals surface area contributed by atoms with E-state index in [1.807, 2.05) is 6.07 Å². The Labute approximate surface area is 111 Å². The van der Waals surface area contributed by atoms with Gasteiger partial charge in [-0.3, -0.25) is 4.79 Å². The van der Waals surface area contributed by atoms with E-state index in [4.69, 9.17) is 21.1 Å². The monoisotopic (exact) mass is 272 g/mol. The van der Waals surface area contributed by atoms with E-state index >= 15 is 0 Å². The molecule has 100 valence electrons. The Bertz CT molecular complexity index is 378. The second kappa shape index (κ2) is 6.85. The van der Waals surface area contributed by atoms with Gasteiger partial charge in [-0.05, 0) is 5.56 Å². The Balaban J connectivity index is 2.87. The lowest BCUT2D eigenvalue weighted by Crippen LogP contribution is -2.36. The van der Waals surface area contributed by atoms with Crippen LogP contribution in [-0.2, 0) is 19.9 Å². The molecule has 0 spiro atoms. The van der Waals surface area contributed by atoms with Crippen LogP contribution in [0.15, 0.2) is 30.3 Å². The average molecular weight is 273 g/mol. The van der Waals surface area contributed by atoms with Crippen LogP contribution in [-0.4, -0.2) is 37.3 Å². The Morgan fingerprint density at radius 3 is 2.33 bits per heavy atom. The number of methoxy groups -OCH3 is 2. The molecule has 4 nitrogen and oxygen atoms in total. The van der Waals surface area contributed by atoms with Gasteiger partial charge in [0.15, 0.2) is 5.78 Å². The fraction of sp³-hybridized carbons (Fsp3) is 0.462. The van der Waals surface area contributed by atoms with Crippen molar-refractivity contribution < 1.29 is 19.4 Å². The van der Waals surface area contributed by atoms with E-state index in [1.54, 1.807) is 24.3 Å². The van der Waals surface area contributed by atoms with Crippen molar-refractivity contribution in [2.75, 3.05) is 20.1 Å². The minimum atomic E-state index is -1.41. The van der Waals surface area contributed by atoms with Gasteiger partial charge >= 0.3 is 0 Å². The lowest BCUT2D eigenvalue weighted by Gasteiger charge is -2.26. The molecule has 1 unspecified atom stereocenters. The van der Waals surface area contributed by atoms with E-state index < -0.39 is 11.9 Å². The molecule has 0 radical (unpaired) electrons. The van der Waals surface area contributed by atoms with Crippen LogP contribution in [0.5, 0.6) is 0 Å². The summed E-state index contributed by atoms with van der Waals surface area (Å²) in [5.41, 5.74) is -0.811. The van der Waals surface area contributed by atoms with Crippen LogP contribution in [0.1, 0.15) is 12.0 Å². The van der Waals surface area contributed by atoms with Crippen LogP contribution in [0.25, 0.3) is 0 Å². The maximum Gasteiger partial charge on any atom is 0.217 e. The van der Waals surface area contributed by atoms with Crippen LogP contribution < -0.4 is 0 Å². The predicted molar refractivity (Wildman–Crippen MR) is 68.5 cm³/mol. The third-order valence-corrected chi connectivity index (χ3v) is 3.13. The summed E-state index contributed by atoms with van der Waals surface area (Å²) in [6.07, 6.45) is -1.14. The summed E-state index contributed by atoms with van der Waals surface area (Å²) in [6.45, 7) is 0. The highest BCUT2D eigenvalue weighted by molar-refractivity contribution is 6.18. The zero-order chi connectivity index (χ0) is 13.6. The molecule has 1 aromatic carbocycles. The third-order valence-electron chi connectivity index (χ3n) is 2.69. The molecule has 0 bridgehead atoms. The van der Waals surface area contributed by atoms with E-state index in [-0.39, 0.29) is 18.1 Å². The molecule has 18 heavy (non-hydrogen) atoms. The van der Waals surface area contributed by atoms with Crippen LogP contribution in [0.2, 0.25) is 0 Å². The topological polar surface area (TPSA) is 55.8 Å². The lowest BCUT2D eigenvalue weighted by atomic mass is 9.90. The standard InChI is InChI=1S/C13H17ClO4/c1-17-12(18-2)11(15)8-13(16,9-14)10-6-4-3-5-7-10/h3-7,12,16H,8-9H2,1-2H3. The fourth-order valence-electron chi connectivity index (χ4n) is 1.71. The highest BCUT2D eigenvalue weighted by Crippen LogP contribution is 2.27. The first-order chi connectivity index (χ1) is 8.57. The first kappa shape index (κ1) is 15.1. The molecule has 0 aliphatic heterocycles. The summed E-state index contributed by atoms with van der Waals surface area (Å²) in [5, 5.41) is 10.4. The number of halogens is 1. The number of rotatable bonds is 7. The minimum Gasteiger partial charge on any atom is -0.383 e. The maximum atomic E-state index is 11.9. The van der Waals surface area contributed by atoms with Crippen molar-refractivity contribution in [3.05, 3.63) is 35.9 Å². The molecular weight excluding hydrogens is 256 g/mol. The SMILES string of the molecule is COC(OC)C(=O)CC(O)(CCl)c1ccccc1. The molecule has 0 saturated carbocycles. The number of ether oxygens (including phenoxy) is 2. The van der Waals surface area contributed by atoms with Crippen LogP contribution in [0, 0.1) is 0 Å². The Morgan fingerprint density at radius 1 is 1.33 bits per heavy atom. The summed E-state index contributed by atoms with van der Waals surface area (Å²) < 4.78 is 9.72. The van der Waals surface area contributed by atoms with E-state index in [0.717, 1.165) is 0 Å². The van der Waals surface area contributed by atoms with Crippen molar-refractivity contribution >= 4 is 17.4 Å². The maximum absolute atomic E-state index is 11.9. The number of aliphatic hydroxyl groups is 1. The molecular formula is C13H17ClO4. The second-order valence-corrected chi connectivity index (χ2v) is 4.24. The number of Topliss-reactive ketones (excluding diaryl/α,β-unsaturated/α-hetero) is 1. The molecule has 0 aliphatic rings. The Morgan fingerprint density at radius 2 is 1.89 bits per heavy atom. The van der Waals surface area contributed by atoms with Gasteiger partial charge in [0.2, 0.25) is 6.29 Å². The molecule has 0 saturated heterocycles. The highest BCUT2D eigenvalue weighted by Gasteiger charge is 2.34. The van der Waals surface area contributed by atoms with E-state index in [0.29, 0.717) is 5.56 Å². The lowest BCUT2D eigenvalue weighted by molar-refractivity contribution is -0.161. The zero-order valence-electron chi connectivity index (χ0n) is 10.4. The molecule has 5 heteroatoms. The average Bonchev–Trinajstić information content (AvgIpc) is 2.41. The van der Waals surface area contributed by atoms with Gasteiger partial charge in [0.1, 0.15) is 5.60 Å². The van der Waals surface area contributed by atoms with Crippen molar-refractivity contribution in [1.82, 2.24) is 0 Å². The van der Waals surface area contributed by atoms with Crippen molar-refractivity contribution in [3.63, 3.8) is 0 Å². The van der Waals surface area contributed by atoms with E-state index in [1.165, 1.54) is 14.2 Å². The van der Waals surface area contributed by atoms with Gasteiger partial charge in [0.25, 0.3) is 0 Å². The van der Waals surface area contributed by atoms with Gasteiger partial charge in [-0.25, -0.2) is 0 Å². The molecule has 1 rings (SSSR count). The number of ketones is 1. The number of carbonyl (C=O) groups is 1. The first-order valence-corrected chi connectivity index (χ1v) is 6.03. The van der Waals surface area contributed by atoms with E-state index in [9.17, 15) is 9.90 Å². The van der Waals surface area contributed by atoms with Crippen molar-refractivity contribution in [3.8, 4) is 0 Å². The van der Waals surface area contributed by atoms with Crippen molar-refractivity contribution in [2.24, 2.45) is 0 Å². The summed E-state index contributed by atoms with van der Waals surface area (Å²) in [5.74, 6) is -0.435. The molecule has 1 N–H and O–H groups in total. The molecule has 1 atom stereocenters. The van der Waals surface area contributed by atoms with Gasteiger partial charge in [-0.1, -0.05) is 30.3 Å². The van der Waals surface area contributed by atoms with Crippen molar-refractivity contribution in [1.29, 1.82) is 0 Å². The van der Waals surface area contributed by atoms with E-state index in [2.05, 4.69) is 0 Å². The summed E-state index contributed by atoms with van der Waals surface area (Å²) in [6, 6.07) is 8.84. The molecule has 0 aliphatic carbocycles. The van der Waals surface area contributed by atoms with Gasteiger partial charge in [-0.15, -0.1) is 11.6 Å². The van der Waals surface area contributed by atoms with Gasteiger partial charge in [-0.2, -0.15) is 0 Å². The quantitative estimate of drug-likeness (QED) is 0.606. The summed E-state index contributed by atoms with van der Waals surface area (Å²) in [7, 11) is 2.74. The highest BCUT2D eigenvalue weighted by atomic mass is 35.5. The molecule has 0 aromatic heterocycles. The number of alkyl halides is 1. The number of hydrogen-bond acceptors (Lipinski definition) is 4. The molecule has 0 heterocycles.